The van der Waals surface area contributed by atoms with Crippen LogP contribution < -0.4 is 0 Å². The molecule has 1 fully saturated rings. The summed E-state index contributed by atoms with van der Waals surface area (Å²) in [6.07, 6.45) is 1.28. The van der Waals surface area contributed by atoms with E-state index < -0.39 is 10.0 Å². The molecule has 0 atom stereocenters. The van der Waals surface area contributed by atoms with Crippen molar-refractivity contribution < 1.29 is 8.42 Å². The third-order valence-corrected chi connectivity index (χ3v) is 7.26. The van der Waals surface area contributed by atoms with Crippen LogP contribution in [0.3, 0.4) is 0 Å². The number of para-hydroxylation sites is 1. The zero-order valence-corrected chi connectivity index (χ0v) is 17.2. The predicted octanol–water partition coefficient (Wildman–Crippen LogP) is 3.35. The summed E-state index contributed by atoms with van der Waals surface area (Å²) in [6.45, 7) is 5.45. The fraction of sp³-hybridized carbons (Fsp3) is 0.350. The first-order valence-corrected chi connectivity index (χ1v) is 11.8. The highest BCUT2D eigenvalue weighted by Gasteiger charge is 2.24. The molecule has 0 radical (unpaired) electrons. The van der Waals surface area contributed by atoms with Gasteiger partial charge in [-0.15, -0.1) is 11.3 Å². The second-order valence-electron chi connectivity index (χ2n) is 7.06. The highest BCUT2D eigenvalue weighted by Crippen LogP contribution is 2.31. The van der Waals surface area contributed by atoms with Gasteiger partial charge in [0.2, 0.25) is 10.0 Å². The van der Waals surface area contributed by atoms with E-state index in [1.165, 1.54) is 22.3 Å². The molecule has 7 heteroatoms. The van der Waals surface area contributed by atoms with E-state index >= 15 is 0 Å². The van der Waals surface area contributed by atoms with Crippen molar-refractivity contribution >= 4 is 32.3 Å². The van der Waals surface area contributed by atoms with Crippen LogP contribution in [0.5, 0.6) is 0 Å². The van der Waals surface area contributed by atoms with Gasteiger partial charge in [0, 0.05) is 38.1 Å². The molecule has 0 spiro atoms. The van der Waals surface area contributed by atoms with Gasteiger partial charge < -0.3 is 0 Å². The first-order valence-electron chi connectivity index (χ1n) is 9.02. The largest absolute Gasteiger partial charge is 0.296 e. The topological polar surface area (TPSA) is 53.5 Å². The van der Waals surface area contributed by atoms with Crippen molar-refractivity contribution in [1.29, 1.82) is 0 Å². The number of sulfonamides is 1. The van der Waals surface area contributed by atoms with Crippen LogP contribution in [-0.4, -0.2) is 55.0 Å². The average Bonchev–Trinajstić information content (AvgIpc) is 3.16. The van der Waals surface area contributed by atoms with Gasteiger partial charge in [-0.05, 0) is 35.6 Å². The molecule has 0 saturated carbocycles. The molecule has 4 rings (SSSR count). The average molecular weight is 402 g/mol. The second kappa shape index (κ2) is 7.31. The number of thiophene rings is 1. The molecule has 3 aromatic rings. The summed E-state index contributed by atoms with van der Waals surface area (Å²) in [5.74, 6) is 0. The van der Waals surface area contributed by atoms with Gasteiger partial charge in [0.25, 0.3) is 0 Å². The van der Waals surface area contributed by atoms with E-state index in [4.69, 9.17) is 4.98 Å². The number of aromatic nitrogens is 1. The lowest BCUT2D eigenvalue weighted by Gasteiger charge is -2.33. The Hall–Kier alpha value is -1.80. The van der Waals surface area contributed by atoms with Gasteiger partial charge in [0.1, 0.15) is 0 Å². The molecule has 2 aromatic heterocycles. The Labute approximate surface area is 164 Å². The Morgan fingerprint density at radius 3 is 2.56 bits per heavy atom. The Bertz CT molecular complexity index is 1050. The lowest BCUT2D eigenvalue weighted by molar-refractivity contribution is 0.182. The smallest absolute Gasteiger partial charge is 0.211 e. The first kappa shape index (κ1) is 18.6. The number of rotatable bonds is 4. The highest BCUT2D eigenvalue weighted by molar-refractivity contribution is 7.88. The maximum Gasteiger partial charge on any atom is 0.211 e. The molecule has 1 aliphatic heterocycles. The Balaban J connectivity index is 1.66. The second-order valence-corrected chi connectivity index (χ2v) is 9.99. The van der Waals surface area contributed by atoms with Crippen LogP contribution in [0.15, 0.2) is 41.8 Å². The molecule has 0 amide bonds. The summed E-state index contributed by atoms with van der Waals surface area (Å²) in [5.41, 5.74) is 4.46. The molecular weight excluding hydrogens is 378 g/mol. The number of hydrogen-bond acceptors (Lipinski definition) is 5. The van der Waals surface area contributed by atoms with Crippen molar-refractivity contribution in [2.24, 2.45) is 0 Å². The van der Waals surface area contributed by atoms with Crippen molar-refractivity contribution in [2.45, 2.75) is 13.5 Å². The zero-order valence-electron chi connectivity index (χ0n) is 15.6. The van der Waals surface area contributed by atoms with Crippen molar-refractivity contribution in [3.8, 4) is 10.6 Å². The number of aryl methyl sites for hydroxylation is 1. The van der Waals surface area contributed by atoms with Gasteiger partial charge in [-0.2, -0.15) is 4.31 Å². The number of benzene rings is 1. The molecule has 27 heavy (non-hydrogen) atoms. The molecule has 0 unspecified atom stereocenters. The van der Waals surface area contributed by atoms with E-state index in [0.717, 1.165) is 36.2 Å². The fourth-order valence-corrected chi connectivity index (χ4v) is 5.17. The first-order chi connectivity index (χ1) is 12.9. The van der Waals surface area contributed by atoms with E-state index in [9.17, 15) is 8.42 Å². The van der Waals surface area contributed by atoms with Gasteiger partial charge in [-0.25, -0.2) is 13.4 Å². The third kappa shape index (κ3) is 3.91. The summed E-state index contributed by atoms with van der Waals surface area (Å²) >= 11 is 1.70. The monoisotopic (exact) mass is 401 g/mol. The zero-order chi connectivity index (χ0) is 19.0. The van der Waals surface area contributed by atoms with E-state index in [2.05, 4.69) is 53.6 Å². The number of pyridine rings is 1. The maximum atomic E-state index is 11.7. The molecule has 0 bridgehead atoms. The Morgan fingerprint density at radius 1 is 1.11 bits per heavy atom. The van der Waals surface area contributed by atoms with E-state index in [0.29, 0.717) is 13.1 Å². The summed E-state index contributed by atoms with van der Waals surface area (Å²) in [5, 5.41) is 3.23. The number of piperazine rings is 1. The minimum Gasteiger partial charge on any atom is -0.296 e. The van der Waals surface area contributed by atoms with Crippen LogP contribution in [0.1, 0.15) is 11.1 Å². The summed E-state index contributed by atoms with van der Waals surface area (Å²) in [4.78, 5) is 8.50. The van der Waals surface area contributed by atoms with Crippen molar-refractivity contribution in [3.63, 3.8) is 0 Å². The van der Waals surface area contributed by atoms with E-state index in [-0.39, 0.29) is 0 Å². The number of fused-ring (bicyclic) bond motifs is 1. The molecule has 142 valence electrons. The lowest BCUT2D eigenvalue weighted by Crippen LogP contribution is -2.47. The minimum absolute atomic E-state index is 0.549. The Kier molecular flexibility index (Phi) is 5.03. The molecule has 1 saturated heterocycles. The van der Waals surface area contributed by atoms with Crippen LogP contribution in [0.25, 0.3) is 21.5 Å². The molecular formula is C20H23N3O2S2. The fourth-order valence-electron chi connectivity index (χ4n) is 3.60. The predicted molar refractivity (Wildman–Crippen MR) is 111 cm³/mol. The quantitative estimate of drug-likeness (QED) is 0.673. The molecule has 1 aliphatic rings. The van der Waals surface area contributed by atoms with Crippen LogP contribution in [0.2, 0.25) is 0 Å². The van der Waals surface area contributed by atoms with E-state index in [1.807, 2.05) is 0 Å². The SMILES string of the molecule is Cc1cccc2cc(CN3CCN(S(C)(=O)=O)CC3)c(-c3cccs3)nc12. The van der Waals surface area contributed by atoms with Crippen molar-refractivity contribution in [3.05, 3.63) is 52.9 Å². The molecule has 3 heterocycles. The molecule has 1 aromatic carbocycles. The highest BCUT2D eigenvalue weighted by atomic mass is 32.2. The van der Waals surface area contributed by atoms with Crippen molar-refractivity contribution in [2.75, 3.05) is 32.4 Å². The molecule has 0 N–H and O–H groups in total. The number of nitrogens with zero attached hydrogens (tertiary/aromatic N) is 3. The molecule has 5 nitrogen and oxygen atoms in total. The molecule has 0 aliphatic carbocycles. The Morgan fingerprint density at radius 2 is 1.89 bits per heavy atom. The van der Waals surface area contributed by atoms with Crippen LogP contribution in [0.4, 0.5) is 0 Å². The van der Waals surface area contributed by atoms with Gasteiger partial charge in [-0.1, -0.05) is 24.3 Å². The van der Waals surface area contributed by atoms with Gasteiger partial charge in [0.05, 0.1) is 22.3 Å². The summed E-state index contributed by atoms with van der Waals surface area (Å²) < 4.78 is 25.0. The van der Waals surface area contributed by atoms with Gasteiger partial charge >= 0.3 is 0 Å². The standard InChI is InChI=1S/C20H23N3O2S2/c1-15-5-3-6-16-13-17(20(21-19(15)16)18-7-4-12-26-18)14-22-8-10-23(11-9-22)27(2,24)25/h3-7,12-13H,8-11,14H2,1-2H3. The summed E-state index contributed by atoms with van der Waals surface area (Å²) in [7, 11) is -3.10. The van der Waals surface area contributed by atoms with Crippen LogP contribution >= 0.6 is 11.3 Å². The van der Waals surface area contributed by atoms with Crippen LogP contribution in [0, 0.1) is 6.92 Å². The van der Waals surface area contributed by atoms with Gasteiger partial charge in [-0.3, -0.25) is 4.90 Å². The maximum absolute atomic E-state index is 11.7. The normalized spacial score (nSPS) is 16.8. The number of hydrogen-bond donors (Lipinski definition) is 0. The summed E-state index contributed by atoms with van der Waals surface area (Å²) in [6, 6.07) is 12.7. The minimum atomic E-state index is -3.10. The lowest BCUT2D eigenvalue weighted by atomic mass is 10.0. The van der Waals surface area contributed by atoms with Crippen molar-refractivity contribution in [1.82, 2.24) is 14.2 Å². The van der Waals surface area contributed by atoms with Gasteiger partial charge in [0.15, 0.2) is 0 Å². The van der Waals surface area contributed by atoms with E-state index in [1.54, 1.807) is 15.6 Å². The third-order valence-electron chi connectivity index (χ3n) is 5.08. The van der Waals surface area contributed by atoms with Crippen LogP contribution in [-0.2, 0) is 16.6 Å².